The second-order valence-electron chi connectivity index (χ2n) is 9.38. The van der Waals surface area contributed by atoms with E-state index in [9.17, 15) is 15.3 Å². The van der Waals surface area contributed by atoms with Crippen LogP contribution in [0.15, 0.2) is 12.2 Å². The number of aliphatic hydroxyl groups is 3. The third kappa shape index (κ3) is 3.69. The van der Waals surface area contributed by atoms with Crippen LogP contribution < -0.4 is 0 Å². The second-order valence-corrected chi connectivity index (χ2v) is 9.38. The van der Waals surface area contributed by atoms with E-state index in [1.165, 1.54) is 0 Å². The Labute approximate surface area is 130 Å². The molecule has 0 unspecified atom stereocenters. The summed E-state index contributed by atoms with van der Waals surface area (Å²) in [4.78, 5) is 0. The molecule has 3 N–H and O–H groups in total. The summed E-state index contributed by atoms with van der Waals surface area (Å²) in [5, 5.41) is 31.9. The van der Waals surface area contributed by atoms with Crippen molar-refractivity contribution in [1.82, 2.24) is 0 Å². The van der Waals surface area contributed by atoms with E-state index in [4.69, 9.17) is 0 Å². The molecule has 0 saturated heterocycles. The molecule has 3 nitrogen and oxygen atoms in total. The average Bonchev–Trinajstić information content (AvgIpc) is 2.28. The van der Waals surface area contributed by atoms with Gasteiger partial charge in [-0.15, -0.1) is 0 Å². The number of rotatable bonds is 2. The maximum absolute atomic E-state index is 10.8. The van der Waals surface area contributed by atoms with Crippen LogP contribution in [0.1, 0.15) is 55.4 Å². The molecule has 0 aliphatic heterocycles. The molecule has 1 rings (SSSR count). The Morgan fingerprint density at radius 1 is 0.857 bits per heavy atom. The molecule has 0 radical (unpaired) electrons. The Bertz CT molecular complexity index is 384. The zero-order chi connectivity index (χ0) is 16.8. The van der Waals surface area contributed by atoms with Gasteiger partial charge in [0.05, 0.1) is 18.3 Å². The van der Waals surface area contributed by atoms with Gasteiger partial charge in [-0.2, -0.15) is 0 Å². The van der Waals surface area contributed by atoms with E-state index in [2.05, 4.69) is 0 Å². The van der Waals surface area contributed by atoms with Gasteiger partial charge in [-0.3, -0.25) is 0 Å². The van der Waals surface area contributed by atoms with Crippen molar-refractivity contribution in [2.75, 3.05) is 0 Å². The van der Waals surface area contributed by atoms with Crippen LogP contribution in [0.4, 0.5) is 0 Å². The molecular weight excluding hydrogens is 264 g/mol. The maximum atomic E-state index is 10.8. The van der Waals surface area contributed by atoms with E-state index in [0.717, 1.165) is 0 Å². The van der Waals surface area contributed by atoms with Crippen LogP contribution in [0.5, 0.6) is 0 Å². The SMILES string of the molecule is CC(C)(C)[C@H](O)[C@@H]1C=C[C@H]([C@@H](O)C(C)(C)C)C(C)(C)[C@H]1O. The Balaban J connectivity index is 3.13. The third-order valence-corrected chi connectivity index (χ3v) is 5.01. The minimum atomic E-state index is -0.682. The van der Waals surface area contributed by atoms with Crippen molar-refractivity contribution in [3.8, 4) is 0 Å². The third-order valence-electron chi connectivity index (χ3n) is 5.01. The first kappa shape index (κ1) is 18.7. The van der Waals surface area contributed by atoms with Gasteiger partial charge < -0.3 is 15.3 Å². The lowest BCUT2D eigenvalue weighted by Crippen LogP contribution is -2.54. The standard InChI is InChI=1S/C18H34O3/c1-16(2,3)13(19)11-9-10-12(15(21)17(4,5)6)18(7,8)14(11)20/h9-15,19-21H,1-8H3/t11-,12+,13+,14-,15+/m0/s1. The van der Waals surface area contributed by atoms with Crippen LogP contribution in [0.25, 0.3) is 0 Å². The van der Waals surface area contributed by atoms with Crippen LogP contribution in [-0.2, 0) is 0 Å². The summed E-state index contributed by atoms with van der Waals surface area (Å²) in [5.74, 6) is -0.431. The van der Waals surface area contributed by atoms with Gasteiger partial charge in [0.15, 0.2) is 0 Å². The maximum Gasteiger partial charge on any atom is 0.0685 e. The van der Waals surface area contributed by atoms with E-state index in [1.807, 2.05) is 67.5 Å². The molecule has 124 valence electrons. The predicted octanol–water partition coefficient (Wildman–Crippen LogP) is 2.99. The van der Waals surface area contributed by atoms with Gasteiger partial charge in [0.2, 0.25) is 0 Å². The Hall–Kier alpha value is -0.380. The van der Waals surface area contributed by atoms with Gasteiger partial charge in [-0.25, -0.2) is 0 Å². The molecule has 0 amide bonds. The zero-order valence-electron chi connectivity index (χ0n) is 14.9. The Morgan fingerprint density at radius 3 is 1.67 bits per heavy atom. The fraction of sp³-hybridized carbons (Fsp3) is 0.889. The lowest BCUT2D eigenvalue weighted by molar-refractivity contribution is -0.115. The molecule has 0 saturated carbocycles. The fourth-order valence-electron chi connectivity index (χ4n) is 3.20. The van der Waals surface area contributed by atoms with Gasteiger partial charge in [-0.1, -0.05) is 67.5 Å². The van der Waals surface area contributed by atoms with Crippen LogP contribution in [0, 0.1) is 28.1 Å². The zero-order valence-corrected chi connectivity index (χ0v) is 14.9. The van der Waals surface area contributed by atoms with Gasteiger partial charge in [0.25, 0.3) is 0 Å². The fourth-order valence-corrected chi connectivity index (χ4v) is 3.20. The summed E-state index contributed by atoms with van der Waals surface area (Å²) in [6.07, 6.45) is 2.05. The van der Waals surface area contributed by atoms with Crippen molar-refractivity contribution in [3.05, 3.63) is 12.2 Å². The summed E-state index contributed by atoms with van der Waals surface area (Å²) >= 11 is 0. The smallest absolute Gasteiger partial charge is 0.0685 e. The molecule has 1 aliphatic rings. The normalized spacial score (nSPS) is 32.8. The average molecular weight is 298 g/mol. The predicted molar refractivity (Wildman–Crippen MR) is 86.8 cm³/mol. The van der Waals surface area contributed by atoms with Crippen LogP contribution in [0.2, 0.25) is 0 Å². The molecule has 0 heterocycles. The molecule has 21 heavy (non-hydrogen) atoms. The second kappa shape index (κ2) is 5.68. The largest absolute Gasteiger partial charge is 0.392 e. The highest BCUT2D eigenvalue weighted by Gasteiger charge is 2.49. The highest BCUT2D eigenvalue weighted by atomic mass is 16.3. The van der Waals surface area contributed by atoms with Crippen molar-refractivity contribution in [1.29, 1.82) is 0 Å². The van der Waals surface area contributed by atoms with Gasteiger partial charge in [0.1, 0.15) is 0 Å². The number of aliphatic hydroxyl groups excluding tert-OH is 3. The van der Waals surface area contributed by atoms with Crippen LogP contribution in [0.3, 0.4) is 0 Å². The lowest BCUT2D eigenvalue weighted by atomic mass is 9.59. The van der Waals surface area contributed by atoms with Crippen LogP contribution in [-0.4, -0.2) is 33.6 Å². The quantitative estimate of drug-likeness (QED) is 0.687. The Kier molecular flexibility index (Phi) is 5.05. The molecule has 0 aromatic heterocycles. The van der Waals surface area contributed by atoms with E-state index in [-0.39, 0.29) is 22.7 Å². The molecule has 3 heteroatoms. The summed E-state index contributed by atoms with van der Waals surface area (Å²) in [6, 6.07) is 0. The Morgan fingerprint density at radius 2 is 1.29 bits per heavy atom. The number of hydrogen-bond donors (Lipinski definition) is 3. The van der Waals surface area contributed by atoms with E-state index in [0.29, 0.717) is 0 Å². The summed E-state index contributed by atoms with van der Waals surface area (Å²) < 4.78 is 0. The topological polar surface area (TPSA) is 60.7 Å². The van der Waals surface area contributed by atoms with Crippen molar-refractivity contribution < 1.29 is 15.3 Å². The van der Waals surface area contributed by atoms with E-state index >= 15 is 0 Å². The van der Waals surface area contributed by atoms with Crippen molar-refractivity contribution in [2.24, 2.45) is 28.1 Å². The molecule has 0 bridgehead atoms. The van der Waals surface area contributed by atoms with Crippen molar-refractivity contribution in [2.45, 2.75) is 73.7 Å². The van der Waals surface area contributed by atoms with Gasteiger partial charge in [0, 0.05) is 17.3 Å². The van der Waals surface area contributed by atoms with Crippen molar-refractivity contribution in [3.63, 3.8) is 0 Å². The van der Waals surface area contributed by atoms with E-state index in [1.54, 1.807) is 0 Å². The monoisotopic (exact) mass is 298 g/mol. The molecule has 0 fully saturated rings. The van der Waals surface area contributed by atoms with Crippen LogP contribution >= 0.6 is 0 Å². The summed E-state index contributed by atoms with van der Waals surface area (Å²) in [6.45, 7) is 15.9. The minimum Gasteiger partial charge on any atom is -0.392 e. The highest BCUT2D eigenvalue weighted by Crippen LogP contribution is 2.47. The molecular formula is C18H34O3. The molecule has 0 aromatic carbocycles. The lowest BCUT2D eigenvalue weighted by Gasteiger charge is -2.50. The van der Waals surface area contributed by atoms with Gasteiger partial charge >= 0.3 is 0 Å². The molecule has 0 spiro atoms. The van der Waals surface area contributed by atoms with E-state index < -0.39 is 23.7 Å². The summed E-state index contributed by atoms with van der Waals surface area (Å²) in [7, 11) is 0. The molecule has 5 atom stereocenters. The van der Waals surface area contributed by atoms with Gasteiger partial charge in [-0.05, 0) is 10.8 Å². The first-order valence-electron chi connectivity index (χ1n) is 7.93. The minimum absolute atomic E-state index is 0.129. The summed E-state index contributed by atoms with van der Waals surface area (Å²) in [5.41, 5.74) is -1.03. The molecule has 0 aromatic rings. The first-order valence-corrected chi connectivity index (χ1v) is 7.93. The number of hydrogen-bond acceptors (Lipinski definition) is 3. The van der Waals surface area contributed by atoms with Crippen molar-refractivity contribution >= 4 is 0 Å². The highest BCUT2D eigenvalue weighted by molar-refractivity contribution is 5.14. The molecule has 1 aliphatic carbocycles. The first-order chi connectivity index (χ1) is 9.20.